The van der Waals surface area contributed by atoms with Gasteiger partial charge < -0.3 is 10.6 Å². The van der Waals surface area contributed by atoms with Crippen molar-refractivity contribution in [2.75, 3.05) is 12.3 Å². The van der Waals surface area contributed by atoms with Crippen molar-refractivity contribution in [1.29, 1.82) is 0 Å². The number of anilines is 1. The molecule has 1 aromatic carbocycles. The number of nitrogen functional groups attached to an aromatic ring is 1. The van der Waals surface area contributed by atoms with Crippen LogP contribution >= 0.6 is 0 Å². The largest absolute Gasteiger partial charge is 0.399 e. The molecule has 3 nitrogen and oxygen atoms in total. The average molecular weight is 246 g/mol. The SMILES string of the molecule is C=CCN(C(=O)c1cc(N)ccc1C)C(C)(C)C. The van der Waals surface area contributed by atoms with E-state index in [9.17, 15) is 4.79 Å². The average Bonchev–Trinajstić information content (AvgIpc) is 2.27. The quantitative estimate of drug-likeness (QED) is 0.658. The van der Waals surface area contributed by atoms with E-state index in [1.807, 2.05) is 33.8 Å². The molecule has 0 spiro atoms. The molecule has 0 fully saturated rings. The van der Waals surface area contributed by atoms with E-state index < -0.39 is 0 Å². The summed E-state index contributed by atoms with van der Waals surface area (Å²) in [4.78, 5) is 14.4. The van der Waals surface area contributed by atoms with Crippen molar-refractivity contribution in [3.63, 3.8) is 0 Å². The van der Waals surface area contributed by atoms with E-state index in [1.165, 1.54) is 0 Å². The summed E-state index contributed by atoms with van der Waals surface area (Å²) in [6, 6.07) is 5.41. The third-order valence-electron chi connectivity index (χ3n) is 2.86. The summed E-state index contributed by atoms with van der Waals surface area (Å²) in [5.74, 6) is -0.00722. The van der Waals surface area contributed by atoms with Crippen LogP contribution in [-0.4, -0.2) is 22.9 Å². The van der Waals surface area contributed by atoms with Gasteiger partial charge in [0.2, 0.25) is 0 Å². The number of hydrogen-bond donors (Lipinski definition) is 1. The van der Waals surface area contributed by atoms with Gasteiger partial charge in [-0.1, -0.05) is 12.1 Å². The summed E-state index contributed by atoms with van der Waals surface area (Å²) in [7, 11) is 0. The third kappa shape index (κ3) is 3.13. The van der Waals surface area contributed by atoms with Gasteiger partial charge in [0.1, 0.15) is 0 Å². The highest BCUT2D eigenvalue weighted by molar-refractivity contribution is 5.97. The summed E-state index contributed by atoms with van der Waals surface area (Å²) in [5, 5.41) is 0. The Bertz CT molecular complexity index is 458. The van der Waals surface area contributed by atoms with Crippen LogP contribution < -0.4 is 5.73 Å². The van der Waals surface area contributed by atoms with Crippen molar-refractivity contribution in [1.82, 2.24) is 4.90 Å². The van der Waals surface area contributed by atoms with Gasteiger partial charge in [-0.05, 0) is 45.4 Å². The van der Waals surface area contributed by atoms with Crippen LogP contribution in [0, 0.1) is 6.92 Å². The molecule has 0 unspecified atom stereocenters. The van der Waals surface area contributed by atoms with Crippen molar-refractivity contribution in [3.8, 4) is 0 Å². The number of nitrogens with zero attached hydrogens (tertiary/aromatic N) is 1. The number of aryl methyl sites for hydroxylation is 1. The number of rotatable bonds is 3. The number of hydrogen-bond acceptors (Lipinski definition) is 2. The highest BCUT2D eigenvalue weighted by Crippen LogP contribution is 2.20. The smallest absolute Gasteiger partial charge is 0.254 e. The number of benzene rings is 1. The van der Waals surface area contributed by atoms with Crippen LogP contribution in [0.3, 0.4) is 0 Å². The maximum Gasteiger partial charge on any atom is 0.254 e. The van der Waals surface area contributed by atoms with E-state index in [2.05, 4.69) is 6.58 Å². The molecule has 18 heavy (non-hydrogen) atoms. The van der Waals surface area contributed by atoms with Crippen molar-refractivity contribution < 1.29 is 4.79 Å². The number of carbonyl (C=O) groups excluding carboxylic acids is 1. The second-order valence-corrected chi connectivity index (χ2v) is 5.45. The lowest BCUT2D eigenvalue weighted by atomic mass is 10.0. The van der Waals surface area contributed by atoms with Gasteiger partial charge in [0.05, 0.1) is 0 Å². The highest BCUT2D eigenvalue weighted by Gasteiger charge is 2.27. The molecule has 0 aliphatic heterocycles. The second-order valence-electron chi connectivity index (χ2n) is 5.45. The highest BCUT2D eigenvalue weighted by atomic mass is 16.2. The molecule has 0 radical (unpaired) electrons. The number of amides is 1. The maximum absolute atomic E-state index is 12.6. The van der Waals surface area contributed by atoms with Gasteiger partial charge in [-0.3, -0.25) is 4.79 Å². The first-order valence-corrected chi connectivity index (χ1v) is 6.06. The molecule has 1 amide bonds. The van der Waals surface area contributed by atoms with E-state index in [0.717, 1.165) is 5.56 Å². The molecule has 2 N–H and O–H groups in total. The minimum absolute atomic E-state index is 0.00722. The zero-order valence-electron chi connectivity index (χ0n) is 11.7. The molecule has 1 aromatic rings. The van der Waals surface area contributed by atoms with Gasteiger partial charge in [0.25, 0.3) is 5.91 Å². The Kier molecular flexibility index (Phi) is 4.17. The van der Waals surface area contributed by atoms with Gasteiger partial charge in [-0.2, -0.15) is 0 Å². The fourth-order valence-electron chi connectivity index (χ4n) is 1.81. The van der Waals surface area contributed by atoms with Crippen molar-refractivity contribution in [2.24, 2.45) is 0 Å². The molecule has 0 aliphatic rings. The molecule has 98 valence electrons. The van der Waals surface area contributed by atoms with Gasteiger partial charge in [0, 0.05) is 23.3 Å². The maximum atomic E-state index is 12.6. The Labute approximate surface area is 109 Å². The van der Waals surface area contributed by atoms with Crippen molar-refractivity contribution in [3.05, 3.63) is 42.0 Å². The molecular weight excluding hydrogens is 224 g/mol. The Morgan fingerprint density at radius 2 is 2.06 bits per heavy atom. The Hall–Kier alpha value is -1.77. The first-order valence-electron chi connectivity index (χ1n) is 6.06. The van der Waals surface area contributed by atoms with Crippen LogP contribution in [0.2, 0.25) is 0 Å². The predicted octanol–water partition coefficient (Wildman–Crippen LogP) is 3.00. The lowest BCUT2D eigenvalue weighted by Crippen LogP contribution is -2.45. The van der Waals surface area contributed by atoms with Crippen LogP contribution in [-0.2, 0) is 0 Å². The Morgan fingerprint density at radius 1 is 1.44 bits per heavy atom. The number of carbonyl (C=O) groups is 1. The van der Waals surface area contributed by atoms with Crippen LogP contribution in [0.15, 0.2) is 30.9 Å². The van der Waals surface area contributed by atoms with Gasteiger partial charge in [-0.25, -0.2) is 0 Å². The normalized spacial score (nSPS) is 11.1. The molecule has 0 aromatic heterocycles. The summed E-state index contributed by atoms with van der Waals surface area (Å²) >= 11 is 0. The molecule has 3 heteroatoms. The fraction of sp³-hybridized carbons (Fsp3) is 0.400. The lowest BCUT2D eigenvalue weighted by Gasteiger charge is -2.35. The van der Waals surface area contributed by atoms with Crippen LogP contribution in [0.5, 0.6) is 0 Å². The van der Waals surface area contributed by atoms with E-state index in [4.69, 9.17) is 5.73 Å². The minimum Gasteiger partial charge on any atom is -0.399 e. The first-order chi connectivity index (χ1) is 8.27. The standard InChI is InChI=1S/C15H22N2O/c1-6-9-17(15(3,4)5)14(18)13-10-12(16)8-7-11(13)2/h6-8,10H,1,9,16H2,2-5H3. The Morgan fingerprint density at radius 3 is 2.56 bits per heavy atom. The molecular formula is C15H22N2O. The van der Waals surface area contributed by atoms with Crippen LogP contribution in [0.1, 0.15) is 36.7 Å². The fourth-order valence-corrected chi connectivity index (χ4v) is 1.81. The molecule has 0 bridgehead atoms. The Balaban J connectivity index is 3.17. The summed E-state index contributed by atoms with van der Waals surface area (Å²) in [5.41, 5.74) is 7.71. The van der Waals surface area contributed by atoms with Gasteiger partial charge in [0.15, 0.2) is 0 Å². The summed E-state index contributed by atoms with van der Waals surface area (Å²) in [6.45, 7) is 12.2. The van der Waals surface area contributed by atoms with Gasteiger partial charge >= 0.3 is 0 Å². The van der Waals surface area contributed by atoms with E-state index in [-0.39, 0.29) is 11.4 Å². The molecule has 0 aliphatic carbocycles. The minimum atomic E-state index is -0.248. The second kappa shape index (κ2) is 5.25. The van der Waals surface area contributed by atoms with Crippen molar-refractivity contribution >= 4 is 11.6 Å². The molecule has 1 rings (SSSR count). The monoisotopic (exact) mass is 246 g/mol. The predicted molar refractivity (Wildman–Crippen MR) is 76.6 cm³/mol. The van der Waals surface area contributed by atoms with Crippen LogP contribution in [0.25, 0.3) is 0 Å². The zero-order valence-corrected chi connectivity index (χ0v) is 11.7. The topological polar surface area (TPSA) is 46.3 Å². The lowest BCUT2D eigenvalue weighted by molar-refractivity contribution is 0.0616. The zero-order chi connectivity index (χ0) is 13.9. The third-order valence-corrected chi connectivity index (χ3v) is 2.86. The van der Waals surface area contributed by atoms with Crippen LogP contribution in [0.4, 0.5) is 5.69 Å². The van der Waals surface area contributed by atoms with E-state index in [1.54, 1.807) is 23.1 Å². The molecule has 0 saturated heterocycles. The molecule has 0 heterocycles. The van der Waals surface area contributed by atoms with Gasteiger partial charge in [-0.15, -0.1) is 6.58 Å². The summed E-state index contributed by atoms with van der Waals surface area (Å²) in [6.07, 6.45) is 1.74. The first kappa shape index (κ1) is 14.3. The number of nitrogens with two attached hydrogens (primary N) is 1. The van der Waals surface area contributed by atoms with E-state index >= 15 is 0 Å². The molecule has 0 saturated carbocycles. The molecule has 0 atom stereocenters. The van der Waals surface area contributed by atoms with E-state index in [0.29, 0.717) is 17.8 Å². The van der Waals surface area contributed by atoms with Crippen molar-refractivity contribution in [2.45, 2.75) is 33.2 Å². The summed E-state index contributed by atoms with van der Waals surface area (Å²) < 4.78 is 0.